The lowest BCUT2D eigenvalue weighted by Gasteiger charge is -2.33. The summed E-state index contributed by atoms with van der Waals surface area (Å²) in [7, 11) is -3.95. The minimum absolute atomic E-state index is 0.137. The van der Waals surface area contributed by atoms with Gasteiger partial charge in [-0.25, -0.2) is 23.9 Å². The highest BCUT2D eigenvalue weighted by atomic mass is 35.5. The number of imidazole rings is 1. The van der Waals surface area contributed by atoms with E-state index in [9.17, 15) is 4.57 Å². The number of aromatic nitrogens is 4. The molecular weight excluding hydrogens is 392 g/mol. The van der Waals surface area contributed by atoms with Crippen LogP contribution >= 0.6 is 19.4 Å². The van der Waals surface area contributed by atoms with E-state index in [0.717, 1.165) is 0 Å². The Kier molecular flexibility index (Phi) is 4.22. The summed E-state index contributed by atoms with van der Waals surface area (Å²) in [5.41, 5.74) is 6.27. The van der Waals surface area contributed by atoms with E-state index in [-0.39, 0.29) is 23.6 Å². The fourth-order valence-electron chi connectivity index (χ4n) is 2.92. The van der Waals surface area contributed by atoms with Crippen LogP contribution in [0.5, 0.6) is 0 Å². The maximum Gasteiger partial charge on any atom is 0.475 e. The van der Waals surface area contributed by atoms with E-state index in [2.05, 4.69) is 15.0 Å². The Morgan fingerprint density at radius 2 is 2.27 bits per heavy atom. The third-order valence-electron chi connectivity index (χ3n) is 3.97. The van der Waals surface area contributed by atoms with Crippen molar-refractivity contribution in [1.82, 2.24) is 19.5 Å². The SMILES string of the molecule is CC(C)O[P@@]1(=O)OC[C@H]2O[C@@H](n3cnc4c(N)ncnc43)[C@@](F)(Cl)[C@@H]2O1. The second kappa shape index (κ2) is 6.08. The van der Waals surface area contributed by atoms with Crippen molar-refractivity contribution in [3.63, 3.8) is 0 Å². The molecule has 0 bridgehead atoms. The van der Waals surface area contributed by atoms with E-state index in [1.165, 1.54) is 17.2 Å². The molecule has 5 atom stereocenters. The van der Waals surface area contributed by atoms with Crippen molar-refractivity contribution < 1.29 is 27.3 Å². The summed E-state index contributed by atoms with van der Waals surface area (Å²) in [6.45, 7) is 3.10. The molecule has 13 heteroatoms. The molecule has 0 unspecified atom stereocenters. The minimum atomic E-state index is -3.95. The standard InChI is InChI=1S/C13H16ClFN5O5P/c1-6(2)24-26(21)22-3-7-9(25-26)13(14,15)12(23-7)20-5-19-8-10(16)17-4-18-11(8)20/h4-7,9,12H,3H2,1-2H3,(H2,16,17,18)/t7-,9-,12-,13-,26-/m1/s1. The fourth-order valence-corrected chi connectivity index (χ4v) is 4.91. The van der Waals surface area contributed by atoms with Crippen molar-refractivity contribution in [2.24, 2.45) is 0 Å². The number of fused-ring (bicyclic) bond motifs is 2. The van der Waals surface area contributed by atoms with Crippen molar-refractivity contribution in [1.29, 1.82) is 0 Å². The average Bonchev–Trinajstić information content (AvgIpc) is 3.07. The molecule has 142 valence electrons. The van der Waals surface area contributed by atoms with Gasteiger partial charge in [0.25, 0.3) is 5.13 Å². The van der Waals surface area contributed by atoms with E-state index in [1.807, 2.05) is 0 Å². The van der Waals surface area contributed by atoms with Crippen LogP contribution in [0.25, 0.3) is 11.2 Å². The number of hydrogen-bond donors (Lipinski definition) is 1. The molecule has 0 aromatic carbocycles. The van der Waals surface area contributed by atoms with Crippen LogP contribution in [0, 0.1) is 0 Å². The highest BCUT2D eigenvalue weighted by molar-refractivity contribution is 7.48. The van der Waals surface area contributed by atoms with Crippen molar-refractivity contribution in [3.05, 3.63) is 12.7 Å². The summed E-state index contributed by atoms with van der Waals surface area (Å²) in [5.74, 6) is 0.137. The monoisotopic (exact) mass is 407 g/mol. The highest BCUT2D eigenvalue weighted by Gasteiger charge is 2.63. The first-order valence-electron chi connectivity index (χ1n) is 7.79. The lowest BCUT2D eigenvalue weighted by Crippen LogP contribution is -2.43. The lowest BCUT2D eigenvalue weighted by molar-refractivity contribution is -0.0733. The molecule has 4 rings (SSSR count). The van der Waals surface area contributed by atoms with Gasteiger partial charge in [-0.1, -0.05) is 11.6 Å². The van der Waals surface area contributed by atoms with Crippen LogP contribution in [0.15, 0.2) is 12.7 Å². The molecule has 0 saturated carbocycles. The largest absolute Gasteiger partial charge is 0.475 e. The van der Waals surface area contributed by atoms with Crippen LogP contribution in [-0.4, -0.2) is 49.6 Å². The quantitative estimate of drug-likeness (QED) is 0.602. The first kappa shape index (κ1) is 18.0. The van der Waals surface area contributed by atoms with Gasteiger partial charge >= 0.3 is 7.82 Å². The maximum atomic E-state index is 15.4. The van der Waals surface area contributed by atoms with Gasteiger partial charge in [0.1, 0.15) is 17.9 Å². The molecule has 0 aliphatic carbocycles. The molecular formula is C13H16ClFN5O5P. The molecule has 2 fully saturated rings. The number of phosphoric acid groups is 1. The molecule has 2 aromatic rings. The summed E-state index contributed by atoms with van der Waals surface area (Å²) >= 11 is 6.13. The first-order chi connectivity index (χ1) is 12.2. The summed E-state index contributed by atoms with van der Waals surface area (Å²) in [6.07, 6.45) is -1.55. The van der Waals surface area contributed by atoms with Crippen LogP contribution in [0.4, 0.5) is 10.2 Å². The van der Waals surface area contributed by atoms with Gasteiger partial charge in [0, 0.05) is 0 Å². The predicted octanol–water partition coefficient (Wildman–Crippen LogP) is 2.16. The van der Waals surface area contributed by atoms with E-state index in [0.29, 0.717) is 0 Å². The molecule has 4 heterocycles. The summed E-state index contributed by atoms with van der Waals surface area (Å²) in [4.78, 5) is 11.9. The third-order valence-corrected chi connectivity index (χ3v) is 6.00. The van der Waals surface area contributed by atoms with Crippen molar-refractivity contribution in [2.75, 3.05) is 12.3 Å². The van der Waals surface area contributed by atoms with Gasteiger partial charge in [0.15, 0.2) is 23.8 Å². The molecule has 0 spiro atoms. The number of ether oxygens (including phenoxy) is 1. The number of nitrogen functional groups attached to an aromatic ring is 1. The van der Waals surface area contributed by atoms with Gasteiger partial charge in [0.05, 0.1) is 19.0 Å². The van der Waals surface area contributed by atoms with Crippen LogP contribution in [0.2, 0.25) is 0 Å². The van der Waals surface area contributed by atoms with Crippen molar-refractivity contribution >= 4 is 36.4 Å². The number of hydrogen-bond acceptors (Lipinski definition) is 9. The lowest BCUT2D eigenvalue weighted by atomic mass is 10.1. The van der Waals surface area contributed by atoms with Gasteiger partial charge in [-0.15, -0.1) is 0 Å². The number of rotatable bonds is 3. The first-order valence-corrected chi connectivity index (χ1v) is 9.63. The topological polar surface area (TPSA) is 124 Å². The molecule has 0 radical (unpaired) electrons. The maximum absolute atomic E-state index is 15.4. The summed E-state index contributed by atoms with van der Waals surface area (Å²) in [5, 5.41) is -2.57. The van der Waals surface area contributed by atoms with Gasteiger partial charge in [-0.2, -0.15) is 0 Å². The molecule has 2 aliphatic rings. The molecule has 26 heavy (non-hydrogen) atoms. The molecule has 0 amide bonds. The number of alkyl halides is 2. The Balaban J connectivity index is 1.68. The smallest absolute Gasteiger partial charge is 0.382 e. The van der Waals surface area contributed by atoms with Crippen LogP contribution in [0.1, 0.15) is 20.1 Å². The van der Waals surface area contributed by atoms with Crippen LogP contribution < -0.4 is 5.73 Å². The Labute approximate surface area is 152 Å². The number of halogens is 2. The Bertz CT molecular complexity index is 895. The van der Waals surface area contributed by atoms with Gasteiger partial charge in [-0.3, -0.25) is 18.1 Å². The van der Waals surface area contributed by atoms with E-state index in [1.54, 1.807) is 13.8 Å². The van der Waals surface area contributed by atoms with Crippen LogP contribution in [-0.2, 0) is 22.9 Å². The normalized spacial score (nSPS) is 37.3. The Hall–Kier alpha value is -1.36. The zero-order valence-corrected chi connectivity index (χ0v) is 15.4. The van der Waals surface area contributed by atoms with Crippen molar-refractivity contribution in [2.45, 2.75) is 43.5 Å². The second-order valence-electron chi connectivity index (χ2n) is 6.21. The number of anilines is 1. The average molecular weight is 408 g/mol. The fraction of sp³-hybridized carbons (Fsp3) is 0.615. The van der Waals surface area contributed by atoms with Gasteiger partial charge in [0.2, 0.25) is 0 Å². The summed E-state index contributed by atoms with van der Waals surface area (Å²) in [6, 6.07) is 0. The van der Waals surface area contributed by atoms with E-state index < -0.39 is 37.5 Å². The zero-order valence-electron chi connectivity index (χ0n) is 13.8. The number of nitrogens with two attached hydrogens (primary N) is 1. The van der Waals surface area contributed by atoms with Crippen molar-refractivity contribution in [3.8, 4) is 0 Å². The van der Waals surface area contributed by atoms with Crippen LogP contribution in [0.3, 0.4) is 0 Å². The molecule has 2 saturated heterocycles. The third kappa shape index (κ3) is 2.79. The Morgan fingerprint density at radius 3 is 3.00 bits per heavy atom. The zero-order chi connectivity index (χ0) is 18.7. The Morgan fingerprint density at radius 1 is 1.50 bits per heavy atom. The van der Waals surface area contributed by atoms with E-state index in [4.69, 9.17) is 35.6 Å². The van der Waals surface area contributed by atoms with Gasteiger partial charge in [-0.05, 0) is 13.8 Å². The second-order valence-corrected chi connectivity index (χ2v) is 8.36. The van der Waals surface area contributed by atoms with Gasteiger partial charge < -0.3 is 10.5 Å². The number of phosphoric ester groups is 1. The predicted molar refractivity (Wildman–Crippen MR) is 88.0 cm³/mol. The molecule has 10 nitrogen and oxygen atoms in total. The molecule has 2 aromatic heterocycles. The minimum Gasteiger partial charge on any atom is -0.382 e. The highest BCUT2D eigenvalue weighted by Crippen LogP contribution is 2.61. The van der Waals surface area contributed by atoms with E-state index >= 15 is 4.39 Å². The molecule has 2 N–H and O–H groups in total. The molecule has 2 aliphatic heterocycles. The number of nitrogens with zero attached hydrogens (tertiary/aromatic N) is 4. The summed E-state index contributed by atoms with van der Waals surface area (Å²) < 4.78 is 50.5.